The van der Waals surface area contributed by atoms with Crippen LogP contribution in [0.2, 0.25) is 0 Å². The summed E-state index contributed by atoms with van der Waals surface area (Å²) in [4.78, 5) is 2.55. The second-order valence-electron chi connectivity index (χ2n) is 8.03. The van der Waals surface area contributed by atoms with Gasteiger partial charge in [-0.1, -0.05) is 24.3 Å². The molecule has 0 atom stereocenters. The molecule has 0 bridgehead atoms. The normalized spacial score (nSPS) is 17.4. The Morgan fingerprint density at radius 2 is 2.00 bits per heavy atom. The highest BCUT2D eigenvalue weighted by atomic mass is 16.5. The maximum Gasteiger partial charge on any atom is 0.126 e. The quantitative estimate of drug-likeness (QED) is 0.698. The van der Waals surface area contributed by atoms with Crippen molar-refractivity contribution in [3.8, 4) is 16.9 Å². The molecule has 2 aliphatic rings. The molecule has 5 rings (SSSR count). The number of rotatable bonds is 5. The SMILES string of the molecule is COc1ccc(CN2CCC(c3ccn[nH]3)CC2)cc1-c1cccc2c1COC2. The molecule has 0 amide bonds. The lowest BCUT2D eigenvalue weighted by Crippen LogP contribution is -2.32. The first-order chi connectivity index (χ1) is 14.3. The number of ether oxygens (including phenoxy) is 2. The van der Waals surface area contributed by atoms with E-state index in [2.05, 4.69) is 57.6 Å². The lowest BCUT2D eigenvalue weighted by Gasteiger charge is -2.31. The summed E-state index contributed by atoms with van der Waals surface area (Å²) >= 11 is 0. The minimum atomic E-state index is 0.604. The first-order valence-corrected chi connectivity index (χ1v) is 10.4. The first-order valence-electron chi connectivity index (χ1n) is 10.4. The summed E-state index contributed by atoms with van der Waals surface area (Å²) in [6, 6.07) is 15.2. The molecule has 29 heavy (non-hydrogen) atoms. The minimum Gasteiger partial charge on any atom is -0.496 e. The average Bonchev–Trinajstić information content (AvgIpc) is 3.46. The van der Waals surface area contributed by atoms with Crippen LogP contribution in [0.25, 0.3) is 11.1 Å². The summed E-state index contributed by atoms with van der Waals surface area (Å²) < 4.78 is 11.4. The molecule has 1 fully saturated rings. The van der Waals surface area contributed by atoms with Gasteiger partial charge < -0.3 is 9.47 Å². The van der Waals surface area contributed by atoms with Gasteiger partial charge >= 0.3 is 0 Å². The maximum absolute atomic E-state index is 5.70. The Hall–Kier alpha value is -2.63. The summed E-state index contributed by atoms with van der Waals surface area (Å²) in [5, 5.41) is 7.24. The second-order valence-corrected chi connectivity index (χ2v) is 8.03. The zero-order valence-corrected chi connectivity index (χ0v) is 16.9. The van der Waals surface area contributed by atoms with Gasteiger partial charge in [0.05, 0.1) is 20.3 Å². The number of H-pyrrole nitrogens is 1. The van der Waals surface area contributed by atoms with Crippen LogP contribution in [0.4, 0.5) is 0 Å². The summed E-state index contributed by atoms with van der Waals surface area (Å²) in [5.41, 5.74) is 7.59. The minimum absolute atomic E-state index is 0.604. The van der Waals surface area contributed by atoms with E-state index in [9.17, 15) is 0 Å². The predicted molar refractivity (Wildman–Crippen MR) is 113 cm³/mol. The topological polar surface area (TPSA) is 50.4 Å². The number of fused-ring (bicyclic) bond motifs is 1. The van der Waals surface area contributed by atoms with Gasteiger partial charge in [-0.15, -0.1) is 0 Å². The molecule has 5 heteroatoms. The summed E-state index contributed by atoms with van der Waals surface area (Å²) in [6.45, 7) is 4.58. The van der Waals surface area contributed by atoms with Crippen LogP contribution in [-0.2, 0) is 24.5 Å². The van der Waals surface area contributed by atoms with Gasteiger partial charge in [0, 0.05) is 29.9 Å². The number of aromatic nitrogens is 2. The molecule has 1 saturated heterocycles. The van der Waals surface area contributed by atoms with Gasteiger partial charge in [0.1, 0.15) is 5.75 Å². The van der Waals surface area contributed by atoms with Crippen molar-refractivity contribution >= 4 is 0 Å². The van der Waals surface area contributed by atoms with Crippen molar-refractivity contribution in [2.45, 2.75) is 38.5 Å². The van der Waals surface area contributed by atoms with Crippen LogP contribution >= 0.6 is 0 Å². The van der Waals surface area contributed by atoms with Crippen LogP contribution in [0.1, 0.15) is 41.1 Å². The molecule has 5 nitrogen and oxygen atoms in total. The highest BCUT2D eigenvalue weighted by molar-refractivity contribution is 5.75. The lowest BCUT2D eigenvalue weighted by molar-refractivity contribution is 0.134. The number of benzene rings is 2. The maximum atomic E-state index is 5.70. The van der Waals surface area contributed by atoms with Gasteiger partial charge in [-0.25, -0.2) is 0 Å². The highest BCUT2D eigenvalue weighted by Crippen LogP contribution is 2.37. The molecule has 3 aromatic rings. The van der Waals surface area contributed by atoms with Crippen LogP contribution in [-0.4, -0.2) is 35.3 Å². The molecule has 2 aliphatic heterocycles. The van der Waals surface area contributed by atoms with Crippen molar-refractivity contribution in [1.82, 2.24) is 15.1 Å². The second kappa shape index (κ2) is 8.01. The molecule has 2 aromatic carbocycles. The van der Waals surface area contributed by atoms with E-state index >= 15 is 0 Å². The number of aromatic amines is 1. The van der Waals surface area contributed by atoms with E-state index in [1.165, 1.54) is 46.4 Å². The fourth-order valence-electron chi connectivity index (χ4n) is 4.67. The molecule has 0 saturated carbocycles. The van der Waals surface area contributed by atoms with Gasteiger partial charge in [0.25, 0.3) is 0 Å². The molecule has 150 valence electrons. The Kier molecular flexibility index (Phi) is 5.08. The molecule has 1 aromatic heterocycles. The number of nitrogens with one attached hydrogen (secondary N) is 1. The molecule has 0 unspecified atom stereocenters. The molecular weight excluding hydrogens is 362 g/mol. The Morgan fingerprint density at radius 3 is 2.79 bits per heavy atom. The first kappa shape index (κ1) is 18.4. The zero-order chi connectivity index (χ0) is 19.6. The van der Waals surface area contributed by atoms with Gasteiger partial charge in [-0.3, -0.25) is 10.00 Å². The lowest BCUT2D eigenvalue weighted by atomic mass is 9.92. The third-order valence-electron chi connectivity index (χ3n) is 6.29. The van der Waals surface area contributed by atoms with E-state index in [0.29, 0.717) is 19.1 Å². The standard InChI is InChI=1S/C24H27N3O2/c1-28-24-6-5-17(13-21(24)20-4-2-3-19-15-29-16-22(19)20)14-27-11-8-18(9-12-27)23-7-10-25-26-23/h2-7,10,13,18H,8-9,11-12,14-16H2,1H3,(H,25,26). The van der Waals surface area contributed by atoms with Crippen molar-refractivity contribution in [1.29, 1.82) is 0 Å². The van der Waals surface area contributed by atoms with E-state index in [-0.39, 0.29) is 0 Å². The zero-order valence-electron chi connectivity index (χ0n) is 16.9. The number of hydrogen-bond donors (Lipinski definition) is 1. The molecule has 3 heterocycles. The summed E-state index contributed by atoms with van der Waals surface area (Å²) in [6.07, 6.45) is 4.20. The van der Waals surface area contributed by atoms with E-state index in [1.54, 1.807) is 7.11 Å². The highest BCUT2D eigenvalue weighted by Gasteiger charge is 2.22. The Balaban J connectivity index is 1.35. The smallest absolute Gasteiger partial charge is 0.126 e. The van der Waals surface area contributed by atoms with Crippen LogP contribution in [0.15, 0.2) is 48.7 Å². The van der Waals surface area contributed by atoms with Gasteiger partial charge in [0.15, 0.2) is 0 Å². The summed E-state index contributed by atoms with van der Waals surface area (Å²) in [5.74, 6) is 1.53. The van der Waals surface area contributed by atoms with Crippen molar-refractivity contribution < 1.29 is 9.47 Å². The van der Waals surface area contributed by atoms with Gasteiger partial charge in [0.2, 0.25) is 0 Å². The molecule has 0 radical (unpaired) electrons. The molecular formula is C24H27N3O2. The Labute approximate surface area is 171 Å². The predicted octanol–water partition coefficient (Wildman–Crippen LogP) is 4.50. The van der Waals surface area contributed by atoms with Crippen LogP contribution < -0.4 is 4.74 Å². The molecule has 1 N–H and O–H groups in total. The van der Waals surface area contributed by atoms with Gasteiger partial charge in [-0.05, 0) is 66.4 Å². The van der Waals surface area contributed by atoms with E-state index in [4.69, 9.17) is 9.47 Å². The number of piperidine rings is 1. The fraction of sp³-hybridized carbons (Fsp3) is 0.375. The number of likely N-dealkylation sites (tertiary alicyclic amines) is 1. The number of methoxy groups -OCH3 is 1. The summed E-state index contributed by atoms with van der Waals surface area (Å²) in [7, 11) is 1.75. The monoisotopic (exact) mass is 389 g/mol. The third kappa shape index (κ3) is 3.68. The van der Waals surface area contributed by atoms with Crippen LogP contribution in [0.5, 0.6) is 5.75 Å². The van der Waals surface area contributed by atoms with Gasteiger partial charge in [-0.2, -0.15) is 5.10 Å². The van der Waals surface area contributed by atoms with E-state index in [0.717, 1.165) is 25.4 Å². The fourth-order valence-corrected chi connectivity index (χ4v) is 4.67. The Morgan fingerprint density at radius 1 is 1.10 bits per heavy atom. The Bertz CT molecular complexity index is 976. The third-order valence-corrected chi connectivity index (χ3v) is 6.29. The number of nitrogens with zero attached hydrogens (tertiary/aromatic N) is 2. The number of hydrogen-bond acceptors (Lipinski definition) is 4. The van der Waals surface area contributed by atoms with Crippen molar-refractivity contribution in [2.75, 3.05) is 20.2 Å². The average molecular weight is 389 g/mol. The molecule has 0 spiro atoms. The molecule has 0 aliphatic carbocycles. The van der Waals surface area contributed by atoms with Crippen molar-refractivity contribution in [2.24, 2.45) is 0 Å². The van der Waals surface area contributed by atoms with Crippen molar-refractivity contribution in [3.63, 3.8) is 0 Å². The van der Waals surface area contributed by atoms with Crippen LogP contribution in [0.3, 0.4) is 0 Å². The largest absolute Gasteiger partial charge is 0.496 e. The van der Waals surface area contributed by atoms with Crippen molar-refractivity contribution in [3.05, 3.63) is 71.0 Å². The van der Waals surface area contributed by atoms with E-state index < -0.39 is 0 Å². The van der Waals surface area contributed by atoms with Crippen LogP contribution in [0, 0.1) is 0 Å². The van der Waals surface area contributed by atoms with E-state index in [1.807, 2.05) is 6.20 Å².